The molecule has 0 radical (unpaired) electrons. The summed E-state index contributed by atoms with van der Waals surface area (Å²) >= 11 is 1.84. The first-order chi connectivity index (χ1) is 6.83. The van der Waals surface area contributed by atoms with Crippen LogP contribution in [0.15, 0.2) is 17.5 Å². The van der Waals surface area contributed by atoms with Gasteiger partial charge in [-0.05, 0) is 44.3 Å². The fraction of sp³-hybridized carbons (Fsp3) is 0.636. The van der Waals surface area contributed by atoms with Crippen molar-refractivity contribution in [1.82, 2.24) is 4.90 Å². The lowest BCUT2D eigenvalue weighted by molar-refractivity contribution is 0.219. The average molecular weight is 213 g/mol. The Labute approximate surface area is 90.2 Å². The van der Waals surface area contributed by atoms with Crippen LogP contribution in [0.1, 0.15) is 17.7 Å². The van der Waals surface area contributed by atoms with E-state index in [4.69, 9.17) is 5.11 Å². The lowest BCUT2D eigenvalue weighted by Crippen LogP contribution is -2.23. The summed E-state index contributed by atoms with van der Waals surface area (Å²) in [6, 6.07) is 4.31. The molecule has 0 aliphatic rings. The molecule has 0 saturated carbocycles. The number of hydrogen-bond donors (Lipinski definition) is 1. The van der Waals surface area contributed by atoms with Crippen molar-refractivity contribution in [2.45, 2.75) is 19.3 Å². The van der Waals surface area contributed by atoms with E-state index < -0.39 is 0 Å². The summed E-state index contributed by atoms with van der Waals surface area (Å²) in [5.41, 5.74) is 0. The Balaban J connectivity index is 1.99. The molecule has 0 amide bonds. The Morgan fingerprint density at radius 3 is 2.86 bits per heavy atom. The van der Waals surface area contributed by atoms with Crippen LogP contribution in [0, 0.1) is 0 Å². The highest BCUT2D eigenvalue weighted by Crippen LogP contribution is 2.11. The minimum Gasteiger partial charge on any atom is -0.395 e. The number of hydrogen-bond acceptors (Lipinski definition) is 3. The molecule has 1 rings (SSSR count). The molecule has 3 heteroatoms. The molecule has 2 nitrogen and oxygen atoms in total. The van der Waals surface area contributed by atoms with Crippen LogP contribution in [0.25, 0.3) is 0 Å². The van der Waals surface area contributed by atoms with E-state index in [1.807, 2.05) is 11.3 Å². The summed E-state index contributed by atoms with van der Waals surface area (Å²) in [5, 5.41) is 10.8. The zero-order chi connectivity index (χ0) is 10.2. The molecule has 1 aromatic rings. The first kappa shape index (κ1) is 11.7. The highest BCUT2D eigenvalue weighted by molar-refractivity contribution is 7.09. The predicted octanol–water partition coefficient (Wildman–Crippen LogP) is 1.99. The number of rotatable bonds is 7. The minimum absolute atomic E-state index is 0.265. The molecule has 14 heavy (non-hydrogen) atoms. The van der Waals surface area contributed by atoms with Crippen LogP contribution >= 0.6 is 11.3 Å². The number of unbranched alkanes of at least 4 members (excludes halogenated alkanes) is 1. The van der Waals surface area contributed by atoms with Gasteiger partial charge in [-0.2, -0.15) is 0 Å². The van der Waals surface area contributed by atoms with E-state index in [0.29, 0.717) is 0 Å². The van der Waals surface area contributed by atoms with Gasteiger partial charge in [0, 0.05) is 11.4 Å². The second kappa shape index (κ2) is 6.98. The fourth-order valence-corrected chi connectivity index (χ4v) is 2.17. The fourth-order valence-electron chi connectivity index (χ4n) is 1.42. The highest BCUT2D eigenvalue weighted by Gasteiger charge is 1.97. The van der Waals surface area contributed by atoms with Gasteiger partial charge in [0.05, 0.1) is 6.61 Å². The quantitative estimate of drug-likeness (QED) is 0.700. The van der Waals surface area contributed by atoms with Crippen LogP contribution in [0.3, 0.4) is 0 Å². The van der Waals surface area contributed by atoms with Gasteiger partial charge in [0.15, 0.2) is 0 Å². The molecular formula is C11H19NOS. The van der Waals surface area contributed by atoms with E-state index >= 15 is 0 Å². The molecule has 0 atom stereocenters. The second-order valence-corrected chi connectivity index (χ2v) is 4.60. The highest BCUT2D eigenvalue weighted by atomic mass is 32.1. The Morgan fingerprint density at radius 1 is 1.36 bits per heavy atom. The van der Waals surface area contributed by atoms with E-state index in [-0.39, 0.29) is 6.61 Å². The molecule has 80 valence electrons. The second-order valence-electron chi connectivity index (χ2n) is 3.56. The number of aliphatic hydroxyl groups is 1. The van der Waals surface area contributed by atoms with E-state index in [1.54, 1.807) is 0 Å². The number of aryl methyl sites for hydroxylation is 1. The summed E-state index contributed by atoms with van der Waals surface area (Å²) in [5.74, 6) is 0. The molecule has 0 fully saturated rings. The van der Waals surface area contributed by atoms with Gasteiger partial charge in [0.25, 0.3) is 0 Å². The van der Waals surface area contributed by atoms with Gasteiger partial charge < -0.3 is 10.0 Å². The molecule has 0 saturated heterocycles. The van der Waals surface area contributed by atoms with Gasteiger partial charge in [-0.3, -0.25) is 0 Å². The largest absolute Gasteiger partial charge is 0.395 e. The Morgan fingerprint density at radius 2 is 2.21 bits per heavy atom. The molecule has 0 unspecified atom stereocenters. The van der Waals surface area contributed by atoms with Crippen LogP contribution < -0.4 is 0 Å². The van der Waals surface area contributed by atoms with Crippen molar-refractivity contribution in [1.29, 1.82) is 0 Å². The van der Waals surface area contributed by atoms with Crippen LogP contribution in [0.2, 0.25) is 0 Å². The third-order valence-corrected chi connectivity index (χ3v) is 3.21. The van der Waals surface area contributed by atoms with Crippen molar-refractivity contribution in [3.63, 3.8) is 0 Å². The third-order valence-electron chi connectivity index (χ3n) is 2.27. The molecule has 0 spiro atoms. The maximum atomic E-state index is 8.70. The maximum Gasteiger partial charge on any atom is 0.0558 e. The predicted molar refractivity (Wildman–Crippen MR) is 61.8 cm³/mol. The number of likely N-dealkylation sites (N-methyl/N-ethyl adjacent to an activating group) is 1. The minimum atomic E-state index is 0.265. The average Bonchev–Trinajstić information content (AvgIpc) is 2.65. The van der Waals surface area contributed by atoms with Gasteiger partial charge in [-0.1, -0.05) is 6.07 Å². The van der Waals surface area contributed by atoms with Crippen molar-refractivity contribution in [3.05, 3.63) is 22.4 Å². The summed E-state index contributed by atoms with van der Waals surface area (Å²) in [6.07, 6.45) is 3.66. The Bertz CT molecular complexity index is 223. The van der Waals surface area contributed by atoms with Gasteiger partial charge in [-0.15, -0.1) is 11.3 Å². The molecule has 1 heterocycles. The zero-order valence-electron chi connectivity index (χ0n) is 8.78. The van der Waals surface area contributed by atoms with Crippen LogP contribution in [0.4, 0.5) is 0 Å². The van der Waals surface area contributed by atoms with E-state index in [9.17, 15) is 0 Å². The summed E-state index contributed by atoms with van der Waals surface area (Å²) in [6.45, 7) is 2.15. The van der Waals surface area contributed by atoms with Gasteiger partial charge in [0.2, 0.25) is 0 Å². The monoisotopic (exact) mass is 213 g/mol. The number of thiophene rings is 1. The van der Waals surface area contributed by atoms with Gasteiger partial charge in [0.1, 0.15) is 0 Å². The molecule has 1 N–H and O–H groups in total. The van der Waals surface area contributed by atoms with E-state index in [2.05, 4.69) is 29.5 Å². The van der Waals surface area contributed by atoms with Crippen molar-refractivity contribution in [2.75, 3.05) is 26.7 Å². The van der Waals surface area contributed by atoms with Gasteiger partial charge in [-0.25, -0.2) is 0 Å². The molecule has 0 aliphatic carbocycles. The van der Waals surface area contributed by atoms with Crippen molar-refractivity contribution >= 4 is 11.3 Å². The smallest absolute Gasteiger partial charge is 0.0558 e. The molecule has 0 bridgehead atoms. The SMILES string of the molecule is CN(CCO)CCCCc1cccs1. The first-order valence-corrected chi connectivity index (χ1v) is 6.02. The number of aliphatic hydroxyl groups excluding tert-OH is 1. The molecule has 1 aromatic heterocycles. The van der Waals surface area contributed by atoms with Crippen molar-refractivity contribution < 1.29 is 5.11 Å². The number of nitrogens with zero attached hydrogens (tertiary/aromatic N) is 1. The lowest BCUT2D eigenvalue weighted by atomic mass is 10.2. The van der Waals surface area contributed by atoms with Crippen LogP contribution in [-0.4, -0.2) is 36.8 Å². The first-order valence-electron chi connectivity index (χ1n) is 5.14. The summed E-state index contributed by atoms with van der Waals surface area (Å²) < 4.78 is 0. The third kappa shape index (κ3) is 4.74. The molecular weight excluding hydrogens is 194 g/mol. The van der Waals surface area contributed by atoms with E-state index in [1.165, 1.54) is 24.1 Å². The Kier molecular flexibility index (Phi) is 5.83. The summed E-state index contributed by atoms with van der Waals surface area (Å²) in [7, 11) is 2.06. The van der Waals surface area contributed by atoms with Crippen LogP contribution in [0.5, 0.6) is 0 Å². The zero-order valence-corrected chi connectivity index (χ0v) is 9.59. The lowest BCUT2D eigenvalue weighted by Gasteiger charge is -2.14. The molecule has 0 aliphatic heterocycles. The topological polar surface area (TPSA) is 23.5 Å². The van der Waals surface area contributed by atoms with Crippen molar-refractivity contribution in [2.24, 2.45) is 0 Å². The normalized spacial score (nSPS) is 11.1. The van der Waals surface area contributed by atoms with Crippen LogP contribution in [-0.2, 0) is 6.42 Å². The van der Waals surface area contributed by atoms with Gasteiger partial charge >= 0.3 is 0 Å². The van der Waals surface area contributed by atoms with Crippen molar-refractivity contribution in [3.8, 4) is 0 Å². The maximum absolute atomic E-state index is 8.70. The standard InChI is InChI=1S/C11H19NOS/c1-12(8-9-13)7-3-2-5-11-6-4-10-14-11/h4,6,10,13H,2-3,5,7-9H2,1H3. The van der Waals surface area contributed by atoms with E-state index in [0.717, 1.165) is 13.1 Å². The Hall–Kier alpha value is -0.380. The molecule has 0 aromatic carbocycles. The summed E-state index contributed by atoms with van der Waals surface area (Å²) in [4.78, 5) is 3.66.